The van der Waals surface area contributed by atoms with Crippen LogP contribution in [0.4, 0.5) is 5.69 Å². The number of nitrogens with zero attached hydrogens (tertiary/aromatic N) is 1. The lowest BCUT2D eigenvalue weighted by Crippen LogP contribution is -2.35. The molecular formula is C12H16ClNO. The van der Waals surface area contributed by atoms with Gasteiger partial charge in [-0.25, -0.2) is 0 Å². The second-order valence-corrected chi connectivity index (χ2v) is 4.19. The van der Waals surface area contributed by atoms with E-state index in [0.717, 1.165) is 5.69 Å². The predicted molar refractivity (Wildman–Crippen MR) is 64.5 cm³/mol. The lowest BCUT2D eigenvalue weighted by Gasteiger charge is -2.22. The van der Waals surface area contributed by atoms with E-state index in [0.29, 0.717) is 6.54 Å². The van der Waals surface area contributed by atoms with Crippen LogP contribution in [-0.2, 0) is 4.79 Å². The summed E-state index contributed by atoms with van der Waals surface area (Å²) >= 11 is 5.79. The molecule has 0 heterocycles. The zero-order chi connectivity index (χ0) is 11.4. The summed E-state index contributed by atoms with van der Waals surface area (Å²) in [7, 11) is 0. The van der Waals surface area contributed by atoms with E-state index in [9.17, 15) is 4.79 Å². The van der Waals surface area contributed by atoms with E-state index < -0.39 is 5.38 Å². The Kier molecular flexibility index (Phi) is 4.15. The number of anilines is 1. The summed E-state index contributed by atoms with van der Waals surface area (Å²) in [5.41, 5.74) is 2.08. The van der Waals surface area contributed by atoms with Gasteiger partial charge in [-0.2, -0.15) is 0 Å². The van der Waals surface area contributed by atoms with Crippen molar-refractivity contribution >= 4 is 23.2 Å². The van der Waals surface area contributed by atoms with E-state index in [1.807, 2.05) is 38.1 Å². The lowest BCUT2D eigenvalue weighted by atomic mass is 10.2. The molecule has 0 aliphatic carbocycles. The van der Waals surface area contributed by atoms with Crippen LogP contribution in [0.1, 0.15) is 19.4 Å². The van der Waals surface area contributed by atoms with Crippen molar-refractivity contribution in [2.45, 2.75) is 26.1 Å². The highest BCUT2D eigenvalue weighted by atomic mass is 35.5. The molecule has 1 amide bonds. The first-order valence-corrected chi connectivity index (χ1v) is 5.52. The average Bonchev–Trinajstić information content (AvgIpc) is 2.21. The summed E-state index contributed by atoms with van der Waals surface area (Å²) in [6, 6.07) is 7.86. The molecule has 0 radical (unpaired) electrons. The van der Waals surface area contributed by atoms with Crippen molar-refractivity contribution in [3.63, 3.8) is 0 Å². The van der Waals surface area contributed by atoms with Gasteiger partial charge in [-0.05, 0) is 32.9 Å². The number of hydrogen-bond acceptors (Lipinski definition) is 1. The first-order chi connectivity index (χ1) is 7.06. The normalized spacial score (nSPS) is 12.3. The second kappa shape index (κ2) is 5.17. The maximum atomic E-state index is 11.8. The molecule has 0 spiro atoms. The van der Waals surface area contributed by atoms with Crippen molar-refractivity contribution in [3.8, 4) is 0 Å². The van der Waals surface area contributed by atoms with Crippen LogP contribution >= 0.6 is 11.6 Å². The molecular weight excluding hydrogens is 210 g/mol. The van der Waals surface area contributed by atoms with Crippen LogP contribution < -0.4 is 4.90 Å². The van der Waals surface area contributed by atoms with Gasteiger partial charge in [-0.1, -0.05) is 17.7 Å². The topological polar surface area (TPSA) is 20.3 Å². The fourth-order valence-electron chi connectivity index (χ4n) is 1.41. The Morgan fingerprint density at radius 3 is 2.33 bits per heavy atom. The fraction of sp³-hybridized carbons (Fsp3) is 0.417. The van der Waals surface area contributed by atoms with Gasteiger partial charge >= 0.3 is 0 Å². The van der Waals surface area contributed by atoms with Gasteiger partial charge in [-0.3, -0.25) is 4.79 Å². The molecule has 82 valence electrons. The zero-order valence-corrected chi connectivity index (χ0v) is 10.1. The van der Waals surface area contributed by atoms with Crippen LogP contribution in [0.2, 0.25) is 0 Å². The Morgan fingerprint density at radius 2 is 1.93 bits per heavy atom. The molecule has 0 aromatic heterocycles. The van der Waals surface area contributed by atoms with Gasteiger partial charge < -0.3 is 4.90 Å². The number of aryl methyl sites for hydroxylation is 1. The third kappa shape index (κ3) is 2.96. The lowest BCUT2D eigenvalue weighted by molar-refractivity contribution is -0.117. The molecule has 0 bridgehead atoms. The quantitative estimate of drug-likeness (QED) is 0.725. The molecule has 1 rings (SSSR count). The third-order valence-electron chi connectivity index (χ3n) is 2.27. The smallest absolute Gasteiger partial charge is 0.244 e. The summed E-state index contributed by atoms with van der Waals surface area (Å²) in [6.45, 7) is 6.29. The Bertz CT molecular complexity index is 332. The minimum atomic E-state index is -0.480. The molecule has 1 unspecified atom stereocenters. The van der Waals surface area contributed by atoms with E-state index in [2.05, 4.69) is 0 Å². The third-order valence-corrected chi connectivity index (χ3v) is 2.45. The molecule has 1 aromatic carbocycles. The number of carbonyl (C=O) groups is 1. The molecule has 0 aliphatic heterocycles. The van der Waals surface area contributed by atoms with Crippen LogP contribution in [0.5, 0.6) is 0 Å². The molecule has 1 aromatic rings. The van der Waals surface area contributed by atoms with Crippen LogP contribution in [0.15, 0.2) is 24.3 Å². The molecule has 0 saturated carbocycles. The van der Waals surface area contributed by atoms with Gasteiger partial charge in [0.15, 0.2) is 0 Å². The Hall–Kier alpha value is -1.02. The Morgan fingerprint density at radius 1 is 1.40 bits per heavy atom. The second-order valence-electron chi connectivity index (χ2n) is 3.53. The van der Waals surface area contributed by atoms with E-state index in [4.69, 9.17) is 11.6 Å². The number of halogens is 1. The largest absolute Gasteiger partial charge is 0.311 e. The van der Waals surface area contributed by atoms with Crippen LogP contribution in [0, 0.1) is 6.92 Å². The van der Waals surface area contributed by atoms with Crippen molar-refractivity contribution in [2.24, 2.45) is 0 Å². The molecule has 15 heavy (non-hydrogen) atoms. The minimum absolute atomic E-state index is 0.0528. The summed E-state index contributed by atoms with van der Waals surface area (Å²) in [4.78, 5) is 13.4. The highest BCUT2D eigenvalue weighted by Gasteiger charge is 2.18. The highest BCUT2D eigenvalue weighted by Crippen LogP contribution is 2.17. The molecule has 0 N–H and O–H groups in total. The summed E-state index contributed by atoms with van der Waals surface area (Å²) in [5, 5.41) is -0.480. The number of carbonyl (C=O) groups excluding carboxylic acids is 1. The number of hydrogen-bond donors (Lipinski definition) is 0. The Labute approximate surface area is 95.8 Å². The van der Waals surface area contributed by atoms with Crippen molar-refractivity contribution < 1.29 is 4.79 Å². The number of benzene rings is 1. The minimum Gasteiger partial charge on any atom is -0.311 e. The molecule has 0 aliphatic rings. The number of rotatable bonds is 3. The van der Waals surface area contributed by atoms with Gasteiger partial charge in [-0.15, -0.1) is 11.6 Å². The van der Waals surface area contributed by atoms with E-state index >= 15 is 0 Å². The predicted octanol–water partition coefficient (Wildman–Crippen LogP) is 2.98. The van der Waals surface area contributed by atoms with Crippen molar-refractivity contribution in [1.82, 2.24) is 0 Å². The van der Waals surface area contributed by atoms with Gasteiger partial charge in [0.2, 0.25) is 5.91 Å². The number of amides is 1. The maximum absolute atomic E-state index is 11.8. The highest BCUT2D eigenvalue weighted by molar-refractivity contribution is 6.32. The van der Waals surface area contributed by atoms with Crippen molar-refractivity contribution in [1.29, 1.82) is 0 Å². The molecule has 2 nitrogen and oxygen atoms in total. The molecule has 1 atom stereocenters. The Balaban J connectivity index is 2.92. The van der Waals surface area contributed by atoms with Gasteiger partial charge in [0, 0.05) is 12.2 Å². The monoisotopic (exact) mass is 225 g/mol. The van der Waals surface area contributed by atoms with Gasteiger partial charge in [0.25, 0.3) is 0 Å². The van der Waals surface area contributed by atoms with E-state index in [-0.39, 0.29) is 5.91 Å². The molecule has 0 fully saturated rings. The first-order valence-electron chi connectivity index (χ1n) is 5.08. The fourth-order valence-corrected chi connectivity index (χ4v) is 1.52. The van der Waals surface area contributed by atoms with Crippen molar-refractivity contribution in [3.05, 3.63) is 29.8 Å². The van der Waals surface area contributed by atoms with Gasteiger partial charge in [0.05, 0.1) is 0 Å². The number of alkyl halides is 1. The summed E-state index contributed by atoms with van der Waals surface area (Å²) in [6.07, 6.45) is 0. The summed E-state index contributed by atoms with van der Waals surface area (Å²) < 4.78 is 0. The standard InChI is InChI=1S/C12H16ClNO/c1-4-14(12(15)10(3)13)11-7-5-9(2)6-8-11/h5-8,10H,4H2,1-3H3. The van der Waals surface area contributed by atoms with Crippen LogP contribution in [0.25, 0.3) is 0 Å². The first kappa shape index (κ1) is 12.1. The van der Waals surface area contributed by atoms with Crippen molar-refractivity contribution in [2.75, 3.05) is 11.4 Å². The summed E-state index contributed by atoms with van der Waals surface area (Å²) in [5.74, 6) is -0.0528. The van der Waals surface area contributed by atoms with Gasteiger partial charge in [0.1, 0.15) is 5.38 Å². The molecule has 0 saturated heterocycles. The maximum Gasteiger partial charge on any atom is 0.244 e. The molecule has 3 heteroatoms. The zero-order valence-electron chi connectivity index (χ0n) is 9.33. The average molecular weight is 226 g/mol. The SMILES string of the molecule is CCN(C(=O)C(C)Cl)c1ccc(C)cc1. The van der Waals surface area contributed by atoms with E-state index in [1.165, 1.54) is 5.56 Å². The van der Waals surface area contributed by atoms with Crippen LogP contribution in [0.3, 0.4) is 0 Å². The van der Waals surface area contributed by atoms with Crippen LogP contribution in [-0.4, -0.2) is 17.8 Å². The van der Waals surface area contributed by atoms with E-state index in [1.54, 1.807) is 11.8 Å².